The molecule has 0 aromatic carbocycles. The SMILES string of the molecule is CCCCN(CCO)CC(=O)N(C(C)C)C(C)C. The van der Waals surface area contributed by atoms with E-state index >= 15 is 0 Å². The first-order valence-electron chi connectivity index (χ1n) is 7.08. The highest BCUT2D eigenvalue weighted by Gasteiger charge is 2.21. The monoisotopic (exact) mass is 258 g/mol. The molecule has 1 N–H and O–H groups in total. The maximum absolute atomic E-state index is 12.3. The zero-order valence-corrected chi connectivity index (χ0v) is 12.6. The molecule has 0 spiro atoms. The smallest absolute Gasteiger partial charge is 0.237 e. The van der Waals surface area contributed by atoms with E-state index in [0.717, 1.165) is 19.4 Å². The minimum atomic E-state index is 0.111. The first-order chi connectivity index (χ1) is 8.43. The van der Waals surface area contributed by atoms with Crippen molar-refractivity contribution in [3.05, 3.63) is 0 Å². The lowest BCUT2D eigenvalue weighted by atomic mass is 10.2. The molecule has 0 fully saturated rings. The van der Waals surface area contributed by atoms with E-state index in [1.165, 1.54) is 0 Å². The molecule has 0 aliphatic heterocycles. The van der Waals surface area contributed by atoms with Gasteiger partial charge in [-0.2, -0.15) is 0 Å². The molecule has 0 unspecified atom stereocenters. The van der Waals surface area contributed by atoms with Crippen LogP contribution in [0.2, 0.25) is 0 Å². The van der Waals surface area contributed by atoms with Crippen LogP contribution < -0.4 is 0 Å². The fourth-order valence-corrected chi connectivity index (χ4v) is 2.24. The average molecular weight is 258 g/mol. The number of hydrogen-bond donors (Lipinski definition) is 1. The average Bonchev–Trinajstić information content (AvgIpc) is 2.24. The Bertz CT molecular complexity index is 222. The lowest BCUT2D eigenvalue weighted by Gasteiger charge is -2.33. The van der Waals surface area contributed by atoms with E-state index in [4.69, 9.17) is 5.11 Å². The maximum Gasteiger partial charge on any atom is 0.237 e. The van der Waals surface area contributed by atoms with Crippen molar-refractivity contribution in [1.82, 2.24) is 9.80 Å². The summed E-state index contributed by atoms with van der Waals surface area (Å²) < 4.78 is 0. The van der Waals surface area contributed by atoms with E-state index in [0.29, 0.717) is 13.1 Å². The molecule has 0 atom stereocenters. The van der Waals surface area contributed by atoms with Crippen LogP contribution in [-0.4, -0.2) is 59.1 Å². The van der Waals surface area contributed by atoms with E-state index in [1.807, 2.05) is 37.5 Å². The molecule has 18 heavy (non-hydrogen) atoms. The van der Waals surface area contributed by atoms with Gasteiger partial charge in [0.2, 0.25) is 5.91 Å². The summed E-state index contributed by atoms with van der Waals surface area (Å²) in [5, 5.41) is 9.04. The zero-order valence-electron chi connectivity index (χ0n) is 12.6. The van der Waals surface area contributed by atoms with Crippen molar-refractivity contribution in [2.24, 2.45) is 0 Å². The summed E-state index contributed by atoms with van der Waals surface area (Å²) in [7, 11) is 0. The third-order valence-electron chi connectivity index (χ3n) is 3.00. The van der Waals surface area contributed by atoms with Gasteiger partial charge in [-0.1, -0.05) is 13.3 Å². The highest BCUT2D eigenvalue weighted by atomic mass is 16.3. The van der Waals surface area contributed by atoms with Gasteiger partial charge in [-0.25, -0.2) is 0 Å². The molecule has 0 radical (unpaired) electrons. The summed E-state index contributed by atoms with van der Waals surface area (Å²) in [5.74, 6) is 0.157. The number of amides is 1. The Balaban J connectivity index is 4.45. The van der Waals surface area contributed by atoms with Crippen molar-refractivity contribution >= 4 is 5.91 Å². The number of nitrogens with zero attached hydrogens (tertiary/aromatic N) is 2. The molecule has 4 heteroatoms. The molecule has 0 aliphatic rings. The van der Waals surface area contributed by atoms with Crippen LogP contribution in [0.15, 0.2) is 0 Å². The van der Waals surface area contributed by atoms with E-state index in [9.17, 15) is 4.79 Å². The number of carbonyl (C=O) groups is 1. The fraction of sp³-hybridized carbons (Fsp3) is 0.929. The lowest BCUT2D eigenvalue weighted by Crippen LogP contribution is -2.47. The maximum atomic E-state index is 12.3. The van der Waals surface area contributed by atoms with Gasteiger partial charge < -0.3 is 10.0 Å². The molecule has 0 heterocycles. The van der Waals surface area contributed by atoms with E-state index in [1.54, 1.807) is 0 Å². The van der Waals surface area contributed by atoms with Gasteiger partial charge in [0.25, 0.3) is 0 Å². The topological polar surface area (TPSA) is 43.8 Å². The minimum Gasteiger partial charge on any atom is -0.395 e. The summed E-state index contributed by atoms with van der Waals surface area (Å²) in [6.45, 7) is 12.3. The van der Waals surface area contributed by atoms with Gasteiger partial charge in [-0.15, -0.1) is 0 Å². The van der Waals surface area contributed by atoms with Gasteiger partial charge in [-0.05, 0) is 40.7 Å². The Hall–Kier alpha value is -0.610. The standard InChI is InChI=1S/C14H30N2O2/c1-6-7-8-15(9-10-17)11-14(18)16(12(2)3)13(4)5/h12-13,17H,6-11H2,1-5H3. The summed E-state index contributed by atoms with van der Waals surface area (Å²) in [6.07, 6.45) is 2.17. The summed E-state index contributed by atoms with van der Waals surface area (Å²) >= 11 is 0. The summed E-state index contributed by atoms with van der Waals surface area (Å²) in [5.41, 5.74) is 0. The van der Waals surface area contributed by atoms with Gasteiger partial charge >= 0.3 is 0 Å². The molecule has 108 valence electrons. The van der Waals surface area contributed by atoms with E-state index in [-0.39, 0.29) is 24.6 Å². The second-order valence-corrected chi connectivity index (χ2v) is 5.34. The van der Waals surface area contributed by atoms with Crippen LogP contribution in [0.5, 0.6) is 0 Å². The molecular weight excluding hydrogens is 228 g/mol. The van der Waals surface area contributed by atoms with Crippen LogP contribution in [-0.2, 0) is 4.79 Å². The van der Waals surface area contributed by atoms with Crippen molar-refractivity contribution in [1.29, 1.82) is 0 Å². The second kappa shape index (κ2) is 9.34. The number of rotatable bonds is 9. The highest BCUT2D eigenvalue weighted by Crippen LogP contribution is 2.07. The van der Waals surface area contributed by atoms with Gasteiger partial charge in [0.15, 0.2) is 0 Å². The minimum absolute atomic E-state index is 0.111. The van der Waals surface area contributed by atoms with Crippen LogP contribution in [0.25, 0.3) is 0 Å². The van der Waals surface area contributed by atoms with Gasteiger partial charge in [0.05, 0.1) is 13.2 Å². The van der Waals surface area contributed by atoms with Crippen LogP contribution in [0, 0.1) is 0 Å². The Morgan fingerprint density at radius 1 is 1.11 bits per heavy atom. The number of aliphatic hydroxyl groups excluding tert-OH is 1. The Kier molecular flexibility index (Phi) is 9.02. The van der Waals surface area contributed by atoms with Crippen molar-refractivity contribution in [3.63, 3.8) is 0 Å². The molecule has 0 aromatic rings. The quantitative estimate of drug-likeness (QED) is 0.685. The fourth-order valence-electron chi connectivity index (χ4n) is 2.24. The van der Waals surface area contributed by atoms with Crippen molar-refractivity contribution < 1.29 is 9.90 Å². The zero-order chi connectivity index (χ0) is 14.1. The highest BCUT2D eigenvalue weighted by molar-refractivity contribution is 5.78. The van der Waals surface area contributed by atoms with Crippen LogP contribution in [0.1, 0.15) is 47.5 Å². The summed E-state index contributed by atoms with van der Waals surface area (Å²) in [6, 6.07) is 0.444. The number of carbonyl (C=O) groups excluding carboxylic acids is 1. The number of unbranched alkanes of at least 4 members (excludes halogenated alkanes) is 1. The largest absolute Gasteiger partial charge is 0.395 e. The first kappa shape index (κ1) is 17.4. The second-order valence-electron chi connectivity index (χ2n) is 5.34. The first-order valence-corrected chi connectivity index (χ1v) is 7.08. The van der Waals surface area contributed by atoms with Crippen molar-refractivity contribution in [3.8, 4) is 0 Å². The third kappa shape index (κ3) is 6.36. The molecule has 0 bridgehead atoms. The summed E-state index contributed by atoms with van der Waals surface area (Å²) in [4.78, 5) is 16.2. The Morgan fingerprint density at radius 3 is 2.06 bits per heavy atom. The number of aliphatic hydroxyl groups is 1. The molecule has 0 aliphatic carbocycles. The number of hydrogen-bond acceptors (Lipinski definition) is 3. The van der Waals surface area contributed by atoms with Crippen LogP contribution >= 0.6 is 0 Å². The molecule has 4 nitrogen and oxygen atoms in total. The van der Waals surface area contributed by atoms with Crippen LogP contribution in [0.3, 0.4) is 0 Å². The molecule has 0 saturated carbocycles. The van der Waals surface area contributed by atoms with Crippen molar-refractivity contribution in [2.75, 3.05) is 26.2 Å². The molecule has 0 rings (SSSR count). The van der Waals surface area contributed by atoms with E-state index < -0.39 is 0 Å². The van der Waals surface area contributed by atoms with Gasteiger partial charge in [0.1, 0.15) is 0 Å². The van der Waals surface area contributed by atoms with Crippen molar-refractivity contribution in [2.45, 2.75) is 59.5 Å². The van der Waals surface area contributed by atoms with E-state index in [2.05, 4.69) is 6.92 Å². The molecule has 0 aromatic heterocycles. The normalized spacial score (nSPS) is 11.6. The molecule has 0 saturated heterocycles. The predicted octanol–water partition coefficient (Wildman–Crippen LogP) is 1.73. The van der Waals surface area contributed by atoms with Crippen LogP contribution in [0.4, 0.5) is 0 Å². The Labute approximate surface area is 112 Å². The lowest BCUT2D eigenvalue weighted by molar-refractivity contribution is -0.136. The molecule has 1 amide bonds. The van der Waals surface area contributed by atoms with Gasteiger partial charge in [-0.3, -0.25) is 9.69 Å². The molecular formula is C14H30N2O2. The predicted molar refractivity (Wildman–Crippen MR) is 75.6 cm³/mol. The third-order valence-corrected chi connectivity index (χ3v) is 3.00. The van der Waals surface area contributed by atoms with Gasteiger partial charge in [0, 0.05) is 18.6 Å². The Morgan fingerprint density at radius 2 is 1.67 bits per heavy atom.